The number of anilines is 1. The fraction of sp³-hybridized carbons (Fsp3) is 0.264. The van der Waals surface area contributed by atoms with Crippen molar-refractivity contribution in [2.24, 2.45) is 0 Å². The summed E-state index contributed by atoms with van der Waals surface area (Å²) in [5.41, 5.74) is 23.4. The summed E-state index contributed by atoms with van der Waals surface area (Å²) >= 11 is 12.6. The number of nitrogens with two attached hydrogens (primary N) is 1. The fourth-order valence-electron chi connectivity index (χ4n) is 9.58. The Bertz CT molecular complexity index is 2820. The van der Waals surface area contributed by atoms with E-state index < -0.39 is 0 Å². The van der Waals surface area contributed by atoms with Crippen LogP contribution in [-0.2, 0) is 48.1 Å². The minimum atomic E-state index is 0.151. The van der Waals surface area contributed by atoms with Gasteiger partial charge in [0.25, 0.3) is 0 Å². The molecule has 0 saturated carbocycles. The lowest BCUT2D eigenvalue weighted by atomic mass is 9.88. The van der Waals surface area contributed by atoms with Crippen molar-refractivity contribution in [1.29, 1.82) is 0 Å². The third-order valence-corrected chi connectivity index (χ3v) is 13.4. The Morgan fingerprint density at radius 2 is 1.00 bits per heavy atom. The van der Waals surface area contributed by atoms with Crippen LogP contribution in [0.3, 0.4) is 0 Å². The molecule has 2 amide bonds. The highest BCUT2D eigenvalue weighted by Crippen LogP contribution is 2.41. The van der Waals surface area contributed by atoms with Crippen LogP contribution in [0, 0.1) is 6.57 Å². The molecule has 0 spiro atoms. The van der Waals surface area contributed by atoms with Crippen LogP contribution in [0.1, 0.15) is 81.6 Å². The van der Waals surface area contributed by atoms with E-state index in [9.17, 15) is 9.59 Å². The lowest BCUT2D eigenvalue weighted by Crippen LogP contribution is -2.37. The lowest BCUT2D eigenvalue weighted by molar-refractivity contribution is -0.131. The van der Waals surface area contributed by atoms with Gasteiger partial charge in [-0.3, -0.25) is 29.5 Å². The van der Waals surface area contributed by atoms with Crippen LogP contribution in [-0.4, -0.2) is 67.7 Å². The Labute approximate surface area is 389 Å². The summed E-state index contributed by atoms with van der Waals surface area (Å²) in [6.45, 7) is 10.2. The first-order chi connectivity index (χ1) is 31.7. The predicted molar refractivity (Wildman–Crippen MR) is 256 cm³/mol. The number of likely N-dealkylation sites (tertiary alicyclic amines) is 2. The molecule has 4 aromatic heterocycles. The number of amides is 2. The number of carbonyl (C=O) groups excluding carboxylic acids is 2. The van der Waals surface area contributed by atoms with Gasteiger partial charge in [0.15, 0.2) is 0 Å². The number of piperidine rings is 2. The van der Waals surface area contributed by atoms with Crippen LogP contribution in [0.2, 0.25) is 10.0 Å². The van der Waals surface area contributed by atoms with Gasteiger partial charge >= 0.3 is 0 Å². The van der Waals surface area contributed by atoms with Gasteiger partial charge in [-0.15, -0.1) is 0 Å². The van der Waals surface area contributed by atoms with Crippen LogP contribution in [0.5, 0.6) is 0 Å². The number of fused-ring (bicyclic) bond motifs is 4. The maximum absolute atomic E-state index is 12.8. The standard InChI is InChI=1S/C27H23ClN4O.C26H25ClN4O/c1-29-23-16-21-3-2-20-15-22(28)4-5-24(20)26(27(21)31-17-23)19-8-12-32(13-9-19)25(33)14-18-6-10-30-11-7-18;27-21-3-4-23-19(14-21)1-2-20-15-22(28)16-30-26(20)25(23)18-7-11-31(12-8-18)24(32)13-17-5-9-29-10-6-17/h4-7,10-11,15-17H,2-3,8-9,12-14H2;3-6,9-10,14-16H,1-2,7-8,11-13,28H2. The topological polar surface area (TPSA) is 123 Å². The van der Waals surface area contributed by atoms with Crippen LogP contribution in [0.15, 0.2) is 121 Å². The van der Waals surface area contributed by atoms with Crippen molar-refractivity contribution >= 4 is 57.5 Å². The highest BCUT2D eigenvalue weighted by Gasteiger charge is 2.29. The van der Waals surface area contributed by atoms with E-state index in [-0.39, 0.29) is 11.8 Å². The van der Waals surface area contributed by atoms with Gasteiger partial charge < -0.3 is 15.5 Å². The third-order valence-electron chi connectivity index (χ3n) is 12.9. The molecule has 6 aromatic rings. The van der Waals surface area contributed by atoms with Crippen LogP contribution >= 0.6 is 23.2 Å². The number of halogens is 2. The Balaban J connectivity index is 0.000000164. The van der Waals surface area contributed by atoms with Gasteiger partial charge in [0, 0.05) is 78.4 Å². The first kappa shape index (κ1) is 43.6. The van der Waals surface area contributed by atoms with E-state index in [0.29, 0.717) is 37.3 Å². The number of rotatable bonds is 4. The molecule has 0 atom stereocenters. The zero-order chi connectivity index (χ0) is 44.9. The Morgan fingerprint density at radius 1 is 0.569 bits per heavy atom. The minimum Gasteiger partial charge on any atom is -0.397 e. The van der Waals surface area contributed by atoms with E-state index in [1.165, 1.54) is 44.5 Å². The van der Waals surface area contributed by atoms with E-state index in [4.69, 9.17) is 45.5 Å². The van der Waals surface area contributed by atoms with Crippen molar-refractivity contribution < 1.29 is 9.59 Å². The SMILES string of the molecule is Nc1cnc2c(c1)CCc1cc(Cl)ccc1C2=C1CCN(C(=O)Cc2ccncc2)CC1.[C-]#[N+]c1cnc2c(c1)CCc1cc(Cl)ccc1C2=C1CCN(C(=O)Cc2ccncc2)CC1. The normalized spacial score (nSPS) is 15.5. The van der Waals surface area contributed by atoms with Gasteiger partial charge in [-0.05, 0) is 157 Å². The monoisotopic (exact) mass is 898 g/mol. The highest BCUT2D eigenvalue weighted by atomic mass is 35.5. The predicted octanol–water partition coefficient (Wildman–Crippen LogP) is 9.92. The quantitative estimate of drug-likeness (QED) is 0.175. The van der Waals surface area contributed by atoms with Gasteiger partial charge in [-0.2, -0.15) is 0 Å². The molecule has 10 nitrogen and oxygen atoms in total. The summed E-state index contributed by atoms with van der Waals surface area (Å²) in [7, 11) is 0. The van der Waals surface area contributed by atoms with Gasteiger partial charge in [-0.1, -0.05) is 46.5 Å². The fourth-order valence-corrected chi connectivity index (χ4v) is 9.97. The van der Waals surface area contributed by atoms with Gasteiger partial charge in [0.2, 0.25) is 17.5 Å². The highest BCUT2D eigenvalue weighted by molar-refractivity contribution is 6.31. The van der Waals surface area contributed by atoms with Crippen LogP contribution in [0.4, 0.5) is 11.4 Å². The zero-order valence-electron chi connectivity index (χ0n) is 36.1. The molecule has 2 aromatic carbocycles. The molecule has 0 unspecified atom stereocenters. The molecule has 65 heavy (non-hydrogen) atoms. The molecular formula is C53H48Cl2N8O2. The number of benzene rings is 2. The number of carbonyl (C=O) groups is 2. The Hall–Kier alpha value is -6.67. The molecule has 2 N–H and O–H groups in total. The van der Waals surface area contributed by atoms with Crippen molar-refractivity contribution in [2.45, 2.75) is 64.2 Å². The second kappa shape index (κ2) is 19.6. The van der Waals surface area contributed by atoms with Crippen LogP contribution < -0.4 is 5.73 Å². The average molecular weight is 900 g/mol. The van der Waals surface area contributed by atoms with Gasteiger partial charge in [0.05, 0.1) is 42.7 Å². The average Bonchev–Trinajstić information content (AvgIpc) is 3.59. The number of nitrogen functional groups attached to an aromatic ring is 1. The maximum atomic E-state index is 12.8. The summed E-state index contributed by atoms with van der Waals surface area (Å²) in [5.74, 6) is 0.318. The number of hydrogen-bond donors (Lipinski definition) is 1. The number of hydrogen-bond acceptors (Lipinski definition) is 7. The smallest absolute Gasteiger partial charge is 0.227 e. The van der Waals surface area contributed by atoms with E-state index in [1.54, 1.807) is 37.2 Å². The van der Waals surface area contributed by atoms with E-state index >= 15 is 0 Å². The summed E-state index contributed by atoms with van der Waals surface area (Å²) in [6.07, 6.45) is 17.9. The maximum Gasteiger partial charge on any atom is 0.227 e. The number of pyridine rings is 4. The van der Waals surface area contributed by atoms with E-state index in [0.717, 1.165) is 108 Å². The second-order valence-corrected chi connectivity index (χ2v) is 17.8. The molecule has 4 aliphatic rings. The lowest BCUT2D eigenvalue weighted by Gasteiger charge is -2.30. The number of aryl methyl sites for hydroxylation is 4. The molecule has 6 heterocycles. The van der Waals surface area contributed by atoms with Gasteiger partial charge in [-0.25, -0.2) is 4.85 Å². The van der Waals surface area contributed by atoms with Crippen molar-refractivity contribution in [1.82, 2.24) is 29.7 Å². The molecule has 12 heteroatoms. The van der Waals surface area contributed by atoms with E-state index in [2.05, 4.69) is 33.0 Å². The third kappa shape index (κ3) is 9.87. The largest absolute Gasteiger partial charge is 0.397 e. The first-order valence-electron chi connectivity index (χ1n) is 22.2. The molecule has 0 bridgehead atoms. The molecule has 2 fully saturated rings. The van der Waals surface area contributed by atoms with Crippen LogP contribution in [0.25, 0.3) is 16.0 Å². The molecular weight excluding hydrogens is 852 g/mol. The Morgan fingerprint density at radius 3 is 1.46 bits per heavy atom. The van der Waals surface area contributed by atoms with Gasteiger partial charge in [0.1, 0.15) is 0 Å². The molecule has 0 radical (unpaired) electrons. The summed E-state index contributed by atoms with van der Waals surface area (Å²) in [6, 6.07) is 23.8. The summed E-state index contributed by atoms with van der Waals surface area (Å²) in [5, 5.41) is 1.48. The minimum absolute atomic E-state index is 0.151. The summed E-state index contributed by atoms with van der Waals surface area (Å²) < 4.78 is 0. The number of aromatic nitrogens is 4. The Kier molecular flexibility index (Phi) is 13.1. The first-order valence-corrected chi connectivity index (χ1v) is 22.9. The zero-order valence-corrected chi connectivity index (χ0v) is 37.6. The number of nitrogens with zero attached hydrogens (tertiary/aromatic N) is 7. The molecule has 10 rings (SSSR count). The van der Waals surface area contributed by atoms with Crippen molar-refractivity contribution in [3.8, 4) is 0 Å². The second-order valence-electron chi connectivity index (χ2n) is 17.0. The van der Waals surface area contributed by atoms with E-state index in [1.807, 2.05) is 64.4 Å². The molecule has 2 saturated heterocycles. The van der Waals surface area contributed by atoms with Crippen molar-refractivity contribution in [2.75, 3.05) is 31.9 Å². The molecule has 2 aliphatic heterocycles. The summed E-state index contributed by atoms with van der Waals surface area (Å²) in [4.78, 5) is 50.7. The van der Waals surface area contributed by atoms with Crippen molar-refractivity contribution in [3.63, 3.8) is 0 Å². The molecule has 2 aliphatic carbocycles. The van der Waals surface area contributed by atoms with Crippen molar-refractivity contribution in [3.05, 3.63) is 198 Å². The molecule has 326 valence electrons.